The number of nitrogens with two attached hydrogens (primary N) is 2. The van der Waals surface area contributed by atoms with Gasteiger partial charge >= 0.3 is 5.97 Å². The number of aromatic carboxylic acids is 1. The molecule has 2 aliphatic carbocycles. The first-order valence-corrected chi connectivity index (χ1v) is 10.2. The number of carbonyl (C=O) groups is 1. The zero-order valence-corrected chi connectivity index (χ0v) is 16.6. The van der Waals surface area contributed by atoms with Crippen LogP contribution in [0.1, 0.15) is 47.6 Å². The van der Waals surface area contributed by atoms with Crippen LogP contribution in [0.3, 0.4) is 0 Å². The molecule has 160 valence electrons. The third-order valence-electron chi connectivity index (χ3n) is 7.07. The van der Waals surface area contributed by atoms with Gasteiger partial charge in [-0.2, -0.15) is 0 Å². The minimum Gasteiger partial charge on any atom is -0.477 e. The van der Waals surface area contributed by atoms with E-state index in [1.165, 1.54) is 4.57 Å². The molecule has 1 aliphatic heterocycles. The van der Waals surface area contributed by atoms with E-state index < -0.39 is 35.0 Å². The molecule has 1 aromatic carbocycles. The van der Waals surface area contributed by atoms with Crippen molar-refractivity contribution >= 4 is 28.2 Å². The molecule has 7 nitrogen and oxygen atoms in total. The molecule has 30 heavy (non-hydrogen) atoms. The van der Waals surface area contributed by atoms with Gasteiger partial charge in [0.1, 0.15) is 11.7 Å². The number of nitrogens with zero attached hydrogens (tertiary/aromatic N) is 2. The lowest BCUT2D eigenvalue weighted by Crippen LogP contribution is -2.35. The lowest BCUT2D eigenvalue weighted by Gasteiger charge is -2.26. The summed E-state index contributed by atoms with van der Waals surface area (Å²) in [7, 11) is 0. The number of pyridine rings is 1. The van der Waals surface area contributed by atoms with E-state index in [-0.39, 0.29) is 29.0 Å². The van der Waals surface area contributed by atoms with Crippen LogP contribution in [-0.2, 0) is 0 Å². The number of benzene rings is 1. The fourth-order valence-electron chi connectivity index (χ4n) is 4.99. The molecule has 0 radical (unpaired) electrons. The van der Waals surface area contributed by atoms with E-state index in [4.69, 9.17) is 11.5 Å². The second-order valence-corrected chi connectivity index (χ2v) is 8.99. The van der Waals surface area contributed by atoms with Crippen molar-refractivity contribution in [2.24, 2.45) is 11.7 Å². The highest BCUT2D eigenvalue weighted by molar-refractivity contribution is 6.01. The van der Waals surface area contributed by atoms with E-state index in [0.717, 1.165) is 25.5 Å². The first kappa shape index (κ1) is 19.3. The standard InChI is InChI=1S/C21H24F2N4O3/c1-9-17-14(19(28)11(20(29)30)8-27(17)13-6-12(13)22)16(24)15(23)18(9)26-5-2-10(7-26)21(25)3-4-21/h8,10,12-13H,2-7,24-25H2,1H3,(H,29,30)/t10?,12-,13?/m0/s1. The maximum atomic E-state index is 15.5. The smallest absolute Gasteiger partial charge is 0.341 e. The first-order valence-electron chi connectivity index (χ1n) is 10.2. The molecule has 2 unspecified atom stereocenters. The van der Waals surface area contributed by atoms with Gasteiger partial charge in [-0.25, -0.2) is 13.6 Å². The number of alkyl halides is 1. The Morgan fingerprint density at radius 1 is 1.37 bits per heavy atom. The van der Waals surface area contributed by atoms with Crippen molar-refractivity contribution in [2.45, 2.75) is 50.4 Å². The second-order valence-electron chi connectivity index (χ2n) is 8.99. The van der Waals surface area contributed by atoms with Crippen LogP contribution in [0, 0.1) is 18.7 Å². The number of nitrogen functional groups attached to an aromatic ring is 1. The van der Waals surface area contributed by atoms with Crippen LogP contribution in [0.2, 0.25) is 0 Å². The van der Waals surface area contributed by atoms with E-state index >= 15 is 4.39 Å². The first-order chi connectivity index (χ1) is 14.1. The van der Waals surface area contributed by atoms with E-state index in [9.17, 15) is 19.1 Å². The number of rotatable bonds is 4. The summed E-state index contributed by atoms with van der Waals surface area (Å²) in [6.45, 7) is 2.87. The molecule has 0 bridgehead atoms. The van der Waals surface area contributed by atoms with Crippen LogP contribution in [0.15, 0.2) is 11.0 Å². The highest BCUT2D eigenvalue weighted by Gasteiger charge is 2.48. The molecule has 1 aromatic heterocycles. The number of anilines is 2. The molecule has 5 N–H and O–H groups in total. The Morgan fingerprint density at radius 2 is 2.03 bits per heavy atom. The Kier molecular flexibility index (Phi) is 3.96. The minimum absolute atomic E-state index is 0.185. The van der Waals surface area contributed by atoms with E-state index in [1.807, 2.05) is 4.90 Å². The van der Waals surface area contributed by atoms with Gasteiger partial charge in [0.25, 0.3) is 0 Å². The van der Waals surface area contributed by atoms with Crippen molar-refractivity contribution in [1.82, 2.24) is 4.57 Å². The number of hydrogen-bond acceptors (Lipinski definition) is 5. The topological polar surface area (TPSA) is 115 Å². The minimum atomic E-state index is -1.45. The van der Waals surface area contributed by atoms with Gasteiger partial charge in [-0.3, -0.25) is 4.79 Å². The van der Waals surface area contributed by atoms with Crippen molar-refractivity contribution < 1.29 is 18.7 Å². The summed E-state index contributed by atoms with van der Waals surface area (Å²) in [5.74, 6) is -1.93. The summed E-state index contributed by atoms with van der Waals surface area (Å²) >= 11 is 0. The number of hydrogen-bond donors (Lipinski definition) is 3. The number of carboxylic acid groups (broad SMARTS) is 1. The Balaban J connectivity index is 1.73. The van der Waals surface area contributed by atoms with Crippen molar-refractivity contribution in [3.63, 3.8) is 0 Å². The van der Waals surface area contributed by atoms with Gasteiger partial charge in [0.2, 0.25) is 5.43 Å². The Labute approximate surface area is 171 Å². The van der Waals surface area contributed by atoms with Crippen molar-refractivity contribution in [2.75, 3.05) is 23.7 Å². The van der Waals surface area contributed by atoms with Gasteiger partial charge in [0, 0.05) is 31.2 Å². The summed E-state index contributed by atoms with van der Waals surface area (Å²) in [5.41, 5.74) is 11.5. The molecule has 3 atom stereocenters. The van der Waals surface area contributed by atoms with Crippen LogP contribution in [0.25, 0.3) is 10.9 Å². The van der Waals surface area contributed by atoms with Crippen molar-refractivity contribution in [1.29, 1.82) is 0 Å². The Bertz CT molecular complexity index is 1160. The molecule has 0 amide bonds. The van der Waals surface area contributed by atoms with Crippen LogP contribution < -0.4 is 21.8 Å². The summed E-state index contributed by atoms with van der Waals surface area (Å²) in [6.07, 6.45) is 3.00. The van der Waals surface area contributed by atoms with E-state index in [0.29, 0.717) is 29.9 Å². The van der Waals surface area contributed by atoms with Crippen LogP contribution in [-0.4, -0.2) is 40.4 Å². The number of aryl methyl sites for hydroxylation is 1. The fourth-order valence-corrected chi connectivity index (χ4v) is 4.99. The Hall–Kier alpha value is -2.68. The van der Waals surface area contributed by atoms with Gasteiger partial charge in [-0.1, -0.05) is 0 Å². The molecule has 5 rings (SSSR count). The predicted molar refractivity (Wildman–Crippen MR) is 109 cm³/mol. The molecule has 2 aromatic rings. The van der Waals surface area contributed by atoms with Gasteiger partial charge < -0.3 is 26.0 Å². The number of halogens is 2. The molecular formula is C21H24F2N4O3. The predicted octanol–water partition coefficient (Wildman–Crippen LogP) is 2.33. The van der Waals surface area contributed by atoms with Gasteiger partial charge in [-0.05, 0) is 37.7 Å². The summed E-state index contributed by atoms with van der Waals surface area (Å²) in [6, 6.07) is -0.590. The van der Waals surface area contributed by atoms with Gasteiger partial charge in [0.05, 0.1) is 28.3 Å². The summed E-state index contributed by atoms with van der Waals surface area (Å²) in [5, 5.41) is 9.23. The molecule has 2 heterocycles. The number of aromatic nitrogens is 1. The quantitative estimate of drug-likeness (QED) is 0.657. The van der Waals surface area contributed by atoms with Crippen LogP contribution >= 0.6 is 0 Å². The molecule has 9 heteroatoms. The average molecular weight is 418 g/mol. The molecule has 0 spiro atoms. The van der Waals surface area contributed by atoms with Crippen molar-refractivity contribution in [3.05, 3.63) is 33.4 Å². The van der Waals surface area contributed by atoms with Crippen LogP contribution in [0.4, 0.5) is 20.2 Å². The highest BCUT2D eigenvalue weighted by atomic mass is 19.1. The van der Waals surface area contributed by atoms with Crippen LogP contribution in [0.5, 0.6) is 0 Å². The largest absolute Gasteiger partial charge is 0.477 e. The van der Waals surface area contributed by atoms with Gasteiger partial charge in [-0.15, -0.1) is 0 Å². The highest BCUT2D eigenvalue weighted by Crippen LogP contribution is 2.47. The molecular weight excluding hydrogens is 394 g/mol. The molecule has 3 fully saturated rings. The normalized spacial score (nSPS) is 26.9. The lowest BCUT2D eigenvalue weighted by atomic mass is 9.97. The average Bonchev–Trinajstić information content (AvgIpc) is 3.55. The lowest BCUT2D eigenvalue weighted by molar-refractivity contribution is 0.0694. The summed E-state index contributed by atoms with van der Waals surface area (Å²) in [4.78, 5) is 26.3. The van der Waals surface area contributed by atoms with Gasteiger partial charge in [0.15, 0.2) is 5.82 Å². The molecule has 1 saturated heterocycles. The number of fused-ring (bicyclic) bond motifs is 1. The SMILES string of the molecule is Cc1c(N2CCC(C3(N)CC3)C2)c(F)c(N)c2c(=O)c(C(=O)O)cn(C3C[C@@H]3F)c12. The third kappa shape index (κ3) is 2.64. The van der Waals surface area contributed by atoms with E-state index in [2.05, 4.69) is 0 Å². The maximum Gasteiger partial charge on any atom is 0.341 e. The third-order valence-corrected chi connectivity index (χ3v) is 7.07. The fraction of sp³-hybridized carbons (Fsp3) is 0.524. The zero-order valence-electron chi connectivity index (χ0n) is 16.6. The summed E-state index contributed by atoms with van der Waals surface area (Å²) < 4.78 is 30.9. The zero-order chi connectivity index (χ0) is 21.5. The number of carboxylic acids is 1. The maximum absolute atomic E-state index is 15.5. The monoisotopic (exact) mass is 418 g/mol. The van der Waals surface area contributed by atoms with E-state index in [1.54, 1.807) is 6.92 Å². The van der Waals surface area contributed by atoms with Crippen molar-refractivity contribution in [3.8, 4) is 0 Å². The molecule has 2 saturated carbocycles. The Morgan fingerprint density at radius 3 is 2.60 bits per heavy atom. The molecule has 3 aliphatic rings. The second kappa shape index (κ2) is 6.16.